The van der Waals surface area contributed by atoms with Crippen molar-refractivity contribution >= 4 is 21.2 Å². The molecule has 0 amide bonds. The lowest BCUT2D eigenvalue weighted by molar-refractivity contribution is 0.585. The second-order valence-corrected chi connectivity index (χ2v) is 7.03. The highest BCUT2D eigenvalue weighted by atomic mass is 32.2. The van der Waals surface area contributed by atoms with Gasteiger partial charge in [0, 0.05) is 24.2 Å². The molecule has 0 unspecified atom stereocenters. The van der Waals surface area contributed by atoms with E-state index in [1.54, 1.807) is 0 Å². The molecular weight excluding hydrogens is 270 g/mol. The Balaban J connectivity index is 2.10. The summed E-state index contributed by atoms with van der Waals surface area (Å²) in [6.45, 7) is 3.71. The maximum Gasteiger partial charge on any atom is 0.247 e. The molecule has 0 fully saturated rings. The topological polar surface area (TPSA) is 72.8 Å². The number of thiazole rings is 1. The van der Waals surface area contributed by atoms with Crippen LogP contribution in [-0.4, -0.2) is 29.1 Å². The number of rotatable bonds is 4. The van der Waals surface area contributed by atoms with Crippen LogP contribution in [0.5, 0.6) is 0 Å². The number of sulfone groups is 1. The van der Waals surface area contributed by atoms with Crippen LogP contribution >= 0.6 is 11.3 Å². The lowest BCUT2D eigenvalue weighted by atomic mass is 10.4. The Morgan fingerprint density at radius 2 is 1.89 bits per heavy atom. The monoisotopic (exact) mass is 283 g/mol. The molecule has 0 saturated carbocycles. The Bertz CT molecular complexity index is 633. The number of hydrogen-bond donors (Lipinski definition) is 0. The Morgan fingerprint density at radius 1 is 1.22 bits per heavy atom. The van der Waals surface area contributed by atoms with E-state index < -0.39 is 9.84 Å². The van der Waals surface area contributed by atoms with Crippen LogP contribution in [0.3, 0.4) is 0 Å². The van der Waals surface area contributed by atoms with Gasteiger partial charge in [0.15, 0.2) is 0 Å². The van der Waals surface area contributed by atoms with Crippen molar-refractivity contribution in [1.82, 2.24) is 15.0 Å². The first-order valence-corrected chi connectivity index (χ1v) is 7.93. The van der Waals surface area contributed by atoms with Crippen molar-refractivity contribution in [1.29, 1.82) is 0 Å². The van der Waals surface area contributed by atoms with Gasteiger partial charge in [0.2, 0.25) is 15.0 Å². The van der Waals surface area contributed by atoms with Crippen LogP contribution < -0.4 is 0 Å². The van der Waals surface area contributed by atoms with Crippen LogP contribution in [0.15, 0.2) is 22.9 Å². The van der Waals surface area contributed by atoms with Gasteiger partial charge in [-0.3, -0.25) is 0 Å². The molecule has 2 aromatic rings. The molecule has 0 radical (unpaired) electrons. The molecule has 0 N–H and O–H groups in total. The van der Waals surface area contributed by atoms with Crippen molar-refractivity contribution in [2.45, 2.75) is 25.4 Å². The minimum Gasteiger partial charge on any atom is -0.247 e. The Kier molecular flexibility index (Phi) is 3.72. The van der Waals surface area contributed by atoms with Gasteiger partial charge in [-0.05, 0) is 19.4 Å². The van der Waals surface area contributed by atoms with E-state index >= 15 is 0 Å². The molecule has 0 aliphatic rings. The molecule has 0 aromatic carbocycles. The molecular formula is C11H13N3O2S2. The number of hydrogen-bond acceptors (Lipinski definition) is 6. The molecule has 0 atom stereocenters. The van der Waals surface area contributed by atoms with Crippen molar-refractivity contribution in [3.63, 3.8) is 0 Å². The molecule has 0 aliphatic heterocycles. The van der Waals surface area contributed by atoms with Crippen LogP contribution in [0, 0.1) is 13.8 Å². The summed E-state index contributed by atoms with van der Waals surface area (Å²) in [6.07, 6.45) is 3.41. The van der Waals surface area contributed by atoms with E-state index in [1.807, 2.05) is 19.2 Å². The van der Waals surface area contributed by atoms with Gasteiger partial charge in [0.1, 0.15) is 0 Å². The summed E-state index contributed by atoms with van der Waals surface area (Å²) in [7, 11) is -3.42. The van der Waals surface area contributed by atoms with E-state index in [4.69, 9.17) is 0 Å². The van der Waals surface area contributed by atoms with Crippen molar-refractivity contribution in [2.24, 2.45) is 0 Å². The Morgan fingerprint density at radius 3 is 2.44 bits per heavy atom. The van der Waals surface area contributed by atoms with Gasteiger partial charge in [-0.25, -0.2) is 23.4 Å². The standard InChI is InChI=1S/C11H13N3O2S2/c1-8-5-12-11(13-6-8)18(15,16)4-3-10-7-17-9(2)14-10/h5-7H,3-4H2,1-2H3. The second-order valence-electron chi connectivity index (χ2n) is 3.97. The smallest absolute Gasteiger partial charge is 0.247 e. The van der Waals surface area contributed by atoms with E-state index in [2.05, 4.69) is 15.0 Å². The van der Waals surface area contributed by atoms with Crippen molar-refractivity contribution in [2.75, 3.05) is 5.75 Å². The van der Waals surface area contributed by atoms with Crippen LogP contribution in [0.25, 0.3) is 0 Å². The molecule has 0 spiro atoms. The average molecular weight is 283 g/mol. The summed E-state index contributed by atoms with van der Waals surface area (Å²) in [5.41, 5.74) is 1.64. The van der Waals surface area contributed by atoms with Gasteiger partial charge in [-0.1, -0.05) is 0 Å². The molecule has 0 aliphatic carbocycles. The normalized spacial score (nSPS) is 11.7. The van der Waals surface area contributed by atoms with Crippen LogP contribution in [0.4, 0.5) is 0 Å². The first kappa shape index (κ1) is 13.1. The zero-order valence-electron chi connectivity index (χ0n) is 10.1. The van der Waals surface area contributed by atoms with Crippen LogP contribution in [0.2, 0.25) is 0 Å². The van der Waals surface area contributed by atoms with E-state index in [9.17, 15) is 8.42 Å². The van der Waals surface area contributed by atoms with Crippen molar-refractivity contribution < 1.29 is 8.42 Å². The first-order valence-electron chi connectivity index (χ1n) is 5.40. The lowest BCUT2D eigenvalue weighted by Gasteiger charge is -2.01. The minimum atomic E-state index is -3.42. The first-order chi connectivity index (χ1) is 8.47. The van der Waals surface area contributed by atoms with E-state index in [0.717, 1.165) is 16.3 Å². The molecule has 2 rings (SSSR count). The second kappa shape index (κ2) is 5.11. The van der Waals surface area contributed by atoms with Gasteiger partial charge in [-0.15, -0.1) is 11.3 Å². The molecule has 0 saturated heterocycles. The molecule has 96 valence electrons. The van der Waals surface area contributed by atoms with Crippen molar-refractivity contribution in [3.8, 4) is 0 Å². The summed E-state index contributed by atoms with van der Waals surface area (Å²) in [5.74, 6) is -0.0146. The number of nitrogens with zero attached hydrogens (tertiary/aromatic N) is 3. The van der Waals surface area contributed by atoms with E-state index in [0.29, 0.717) is 6.42 Å². The molecule has 5 nitrogen and oxygen atoms in total. The quantitative estimate of drug-likeness (QED) is 0.796. The summed E-state index contributed by atoms with van der Waals surface area (Å²) < 4.78 is 23.9. The fourth-order valence-electron chi connectivity index (χ4n) is 1.39. The van der Waals surface area contributed by atoms with Gasteiger partial charge in [0.25, 0.3) is 0 Å². The highest BCUT2D eigenvalue weighted by Gasteiger charge is 2.18. The third kappa shape index (κ3) is 3.11. The summed E-state index contributed by atoms with van der Waals surface area (Å²) in [5, 5.41) is 2.70. The molecule has 18 heavy (non-hydrogen) atoms. The number of aryl methyl sites for hydroxylation is 3. The lowest BCUT2D eigenvalue weighted by Crippen LogP contribution is -2.13. The predicted molar refractivity (Wildman–Crippen MR) is 69.4 cm³/mol. The Hall–Kier alpha value is -1.34. The predicted octanol–water partition coefficient (Wildman–Crippen LogP) is 1.57. The van der Waals surface area contributed by atoms with E-state index in [-0.39, 0.29) is 10.9 Å². The third-order valence-corrected chi connectivity index (χ3v) is 4.66. The zero-order chi connectivity index (χ0) is 13.2. The molecule has 0 bridgehead atoms. The Labute approximate surface area is 110 Å². The van der Waals surface area contributed by atoms with Crippen LogP contribution in [-0.2, 0) is 16.3 Å². The van der Waals surface area contributed by atoms with Gasteiger partial charge >= 0.3 is 0 Å². The van der Waals surface area contributed by atoms with Gasteiger partial charge < -0.3 is 0 Å². The summed E-state index contributed by atoms with van der Waals surface area (Å²) in [4.78, 5) is 11.9. The fourth-order valence-corrected chi connectivity index (χ4v) is 3.13. The summed E-state index contributed by atoms with van der Waals surface area (Å²) >= 11 is 1.52. The maximum atomic E-state index is 12.0. The van der Waals surface area contributed by atoms with Gasteiger partial charge in [0.05, 0.1) is 16.5 Å². The SMILES string of the molecule is Cc1cnc(S(=O)(=O)CCc2csc(C)n2)nc1. The number of aromatic nitrogens is 3. The van der Waals surface area contributed by atoms with E-state index in [1.165, 1.54) is 23.7 Å². The zero-order valence-corrected chi connectivity index (χ0v) is 11.8. The molecule has 7 heteroatoms. The van der Waals surface area contributed by atoms with Crippen LogP contribution in [0.1, 0.15) is 16.3 Å². The summed E-state index contributed by atoms with van der Waals surface area (Å²) in [6, 6.07) is 0. The third-order valence-electron chi connectivity index (χ3n) is 2.33. The highest BCUT2D eigenvalue weighted by Crippen LogP contribution is 2.11. The molecule has 2 aromatic heterocycles. The minimum absolute atomic E-state index is 0.0146. The largest absolute Gasteiger partial charge is 0.247 e. The maximum absolute atomic E-state index is 12.0. The molecule has 2 heterocycles. The average Bonchev–Trinajstić information content (AvgIpc) is 2.73. The van der Waals surface area contributed by atoms with Gasteiger partial charge in [-0.2, -0.15) is 0 Å². The highest BCUT2D eigenvalue weighted by molar-refractivity contribution is 7.91. The van der Waals surface area contributed by atoms with Crippen molar-refractivity contribution in [3.05, 3.63) is 34.0 Å². The fraction of sp³-hybridized carbons (Fsp3) is 0.364.